The smallest absolute Gasteiger partial charge is 0.319 e. The number of nitrogens with one attached hydrogen (secondary N) is 3. The van der Waals surface area contributed by atoms with Gasteiger partial charge in [0.15, 0.2) is 0 Å². The summed E-state index contributed by atoms with van der Waals surface area (Å²) in [6.07, 6.45) is 19.3. The quantitative estimate of drug-likeness (QED) is 0.0631. The fourth-order valence-electron chi connectivity index (χ4n) is 14.4. The zero-order chi connectivity index (χ0) is 67.5. The summed E-state index contributed by atoms with van der Waals surface area (Å²) < 4.78 is 6.04. The number of benzene rings is 4. The van der Waals surface area contributed by atoms with Crippen LogP contribution in [0.2, 0.25) is 5.02 Å². The van der Waals surface area contributed by atoms with Crippen LogP contribution in [0.15, 0.2) is 164 Å². The summed E-state index contributed by atoms with van der Waals surface area (Å²) in [5.74, 6) is 2.37. The van der Waals surface area contributed by atoms with Gasteiger partial charge in [0.25, 0.3) is 0 Å². The molecule has 10 aromatic heterocycles. The van der Waals surface area contributed by atoms with E-state index in [4.69, 9.17) is 43.8 Å². The van der Waals surface area contributed by atoms with Crippen molar-refractivity contribution in [2.24, 2.45) is 11.8 Å². The highest BCUT2D eigenvalue weighted by atomic mass is 35.5. The number of aliphatic carboxylic acids is 2. The summed E-state index contributed by atoms with van der Waals surface area (Å²) >= 11 is 8.07. The Bertz CT molecular complexity index is 5400. The number of rotatable bonds is 10. The molecule has 0 saturated heterocycles. The van der Waals surface area contributed by atoms with Gasteiger partial charge in [0.05, 0.1) is 50.5 Å². The monoisotopic (exact) mass is 1340 g/mol. The van der Waals surface area contributed by atoms with Gasteiger partial charge in [-0.2, -0.15) is 0 Å². The molecule has 0 radical (unpaired) electrons. The van der Waals surface area contributed by atoms with Gasteiger partial charge in [-0.25, -0.2) is 34.7 Å². The molecule has 11 heterocycles. The number of hydrogen-bond acceptors (Lipinski definition) is 13. The fraction of sp³-hybridized carbons (Fsp3) is 0.230. The first-order valence-electron chi connectivity index (χ1n) is 32.7. The third-order valence-corrected chi connectivity index (χ3v) is 20.6. The maximum absolute atomic E-state index is 12.3. The summed E-state index contributed by atoms with van der Waals surface area (Å²) in [5.41, 5.74) is 33.7. The molecule has 0 spiro atoms. The van der Waals surface area contributed by atoms with E-state index in [1.807, 2.05) is 79.2 Å². The number of amides is 2. The topological polar surface area (TPSA) is 314 Å². The highest BCUT2D eigenvalue weighted by molar-refractivity contribution is 7.13. The number of fused-ring (bicyclic) bond motifs is 6. The molecule has 0 unspecified atom stereocenters. The Balaban J connectivity index is 0.000000120. The summed E-state index contributed by atoms with van der Waals surface area (Å²) in [5, 5.41) is 24.7. The predicted octanol–water partition coefficient (Wildman–Crippen LogP) is 14.9. The van der Waals surface area contributed by atoms with Gasteiger partial charge in [-0.05, 0) is 105 Å². The molecular formula is C74H70ClN17O5S. The van der Waals surface area contributed by atoms with E-state index in [1.165, 1.54) is 4.88 Å². The lowest BCUT2D eigenvalue weighted by Crippen LogP contribution is -2.41. The van der Waals surface area contributed by atoms with Gasteiger partial charge in [-0.1, -0.05) is 103 Å². The minimum absolute atomic E-state index is 0.00682. The third-order valence-electron chi connectivity index (χ3n) is 19.4. The van der Waals surface area contributed by atoms with Crippen LogP contribution in [0.25, 0.3) is 111 Å². The Hall–Kier alpha value is -11.3. The third kappa shape index (κ3) is 11.6. The molecule has 0 bridgehead atoms. The summed E-state index contributed by atoms with van der Waals surface area (Å²) in [4.78, 5) is 78.3. The van der Waals surface area contributed by atoms with Crippen LogP contribution in [-0.4, -0.2) is 123 Å². The first-order chi connectivity index (χ1) is 47.6. The predicted molar refractivity (Wildman–Crippen MR) is 386 cm³/mol. The van der Waals surface area contributed by atoms with Crippen molar-refractivity contribution in [3.05, 3.63) is 186 Å². The van der Waals surface area contributed by atoms with Crippen LogP contribution in [0.5, 0.6) is 0 Å². The number of carboxylic acids is 2. The standard InChI is InChI=1S/C27H25N5O2.C25H23N5O2S.C22H22ClN7O/c28-25-24-23(21-15-19-7-4-8-20(22(19)30-21)16-5-2-1-3-6-16)31-26(32(24)14-13-29-25)17-9-11-18(12-10-17)27(33)34;26-23-22-21(18-13-16-3-1-4-17(20(16)28-18)19-5-2-12-33-19)29-24(30(22)11-10-27-23)14-6-8-15(9-7-14)25(31)32;1-28(2)22(31)29-9-6-13(7-10-29)21-27-18(19-20(24)25-8-11-30(19)21)16-12-14-4-3-5-15(23)17(14)26-16/h1-8,13-15,17-18,30H,9-12H2,(H2,28,29)(H,33,34);1-5,10-15,28H,6-9H2,(H2,26,27)(H,31,32);3-6,8,11-12,26H,7,9-10H2,1-2H3,(H2,24,25). The zero-order valence-electron chi connectivity index (χ0n) is 53.7. The van der Waals surface area contributed by atoms with Crippen LogP contribution >= 0.6 is 22.9 Å². The molecule has 14 aromatic rings. The number of carbonyl (C=O) groups is 3. The van der Waals surface area contributed by atoms with Crippen molar-refractivity contribution in [3.63, 3.8) is 0 Å². The normalized spacial score (nSPS) is 17.3. The molecule has 2 fully saturated rings. The van der Waals surface area contributed by atoms with E-state index in [0.717, 1.165) is 149 Å². The molecule has 1 aliphatic heterocycles. The van der Waals surface area contributed by atoms with Crippen molar-refractivity contribution in [1.29, 1.82) is 0 Å². The highest BCUT2D eigenvalue weighted by Gasteiger charge is 2.33. The van der Waals surface area contributed by atoms with Crippen LogP contribution < -0.4 is 17.2 Å². The second-order valence-electron chi connectivity index (χ2n) is 25.5. The second-order valence-corrected chi connectivity index (χ2v) is 26.9. The minimum Gasteiger partial charge on any atom is -0.481 e. The number of para-hydroxylation sites is 3. The number of hydrogen-bond donors (Lipinski definition) is 8. The number of halogens is 1. The van der Waals surface area contributed by atoms with Crippen LogP contribution in [0, 0.1) is 11.8 Å². The Labute approximate surface area is 570 Å². The largest absolute Gasteiger partial charge is 0.481 e. The maximum Gasteiger partial charge on any atom is 0.319 e. The number of carbonyl (C=O) groups excluding carboxylic acids is 1. The van der Waals surface area contributed by atoms with E-state index >= 15 is 0 Å². The average Bonchev–Trinajstić information content (AvgIpc) is 1.61. The van der Waals surface area contributed by atoms with E-state index in [-0.39, 0.29) is 29.7 Å². The lowest BCUT2D eigenvalue weighted by atomic mass is 9.81. The summed E-state index contributed by atoms with van der Waals surface area (Å²) in [7, 11) is 3.52. The number of H-pyrrole nitrogens is 3. The number of carboxylic acid groups (broad SMARTS) is 2. The Morgan fingerprint density at radius 3 is 1.53 bits per heavy atom. The van der Waals surface area contributed by atoms with Crippen molar-refractivity contribution in [3.8, 4) is 55.7 Å². The van der Waals surface area contributed by atoms with Gasteiger partial charge in [-0.15, -0.1) is 11.3 Å². The number of urea groups is 1. The Morgan fingerprint density at radius 2 is 1.04 bits per heavy atom. The highest BCUT2D eigenvalue weighted by Crippen LogP contribution is 2.43. The van der Waals surface area contributed by atoms with Crippen molar-refractivity contribution in [1.82, 2.24) is 67.9 Å². The minimum atomic E-state index is -0.701. The lowest BCUT2D eigenvalue weighted by Gasteiger charge is -2.28. The average molecular weight is 1350 g/mol. The van der Waals surface area contributed by atoms with Gasteiger partial charge in [0.1, 0.15) is 68.6 Å². The number of nitrogen functional groups attached to an aromatic ring is 3. The lowest BCUT2D eigenvalue weighted by molar-refractivity contribution is -0.143. The molecule has 17 rings (SSSR count). The molecule has 3 aliphatic rings. The zero-order valence-corrected chi connectivity index (χ0v) is 55.3. The Kier molecular flexibility index (Phi) is 16.7. The molecule has 22 nitrogen and oxygen atoms in total. The van der Waals surface area contributed by atoms with Crippen LogP contribution in [0.4, 0.5) is 22.2 Å². The van der Waals surface area contributed by atoms with E-state index in [1.54, 1.807) is 48.9 Å². The van der Waals surface area contributed by atoms with E-state index in [2.05, 4.69) is 114 Å². The van der Waals surface area contributed by atoms with E-state index < -0.39 is 11.9 Å². The molecule has 2 aliphatic carbocycles. The van der Waals surface area contributed by atoms with Crippen molar-refractivity contribution in [2.45, 2.75) is 69.6 Å². The summed E-state index contributed by atoms with van der Waals surface area (Å²) in [6.45, 7) is 1.18. The maximum atomic E-state index is 12.3. The van der Waals surface area contributed by atoms with Gasteiger partial charge >= 0.3 is 18.0 Å². The molecule has 98 heavy (non-hydrogen) atoms. The number of nitrogens with two attached hydrogens (primary N) is 3. The number of anilines is 3. The number of aromatic amines is 3. The Morgan fingerprint density at radius 1 is 0.561 bits per heavy atom. The molecule has 11 N–H and O–H groups in total. The number of nitrogens with zero attached hydrogens (tertiary/aromatic N) is 11. The second kappa shape index (κ2) is 26.0. The molecule has 2 amide bonds. The molecule has 24 heteroatoms. The van der Waals surface area contributed by atoms with Crippen LogP contribution in [-0.2, 0) is 9.59 Å². The van der Waals surface area contributed by atoms with Crippen LogP contribution in [0.1, 0.15) is 87.1 Å². The number of aromatic nitrogens is 12. The first kappa shape index (κ1) is 62.8. The molecule has 2 saturated carbocycles. The van der Waals surface area contributed by atoms with Gasteiger partial charge in [0.2, 0.25) is 0 Å². The molecule has 494 valence electrons. The van der Waals surface area contributed by atoms with Gasteiger partial charge in [0, 0.05) is 108 Å². The number of imidazole rings is 3. The molecular weight excluding hydrogens is 1270 g/mol. The van der Waals surface area contributed by atoms with Crippen molar-refractivity contribution < 1.29 is 24.6 Å². The fourth-order valence-corrected chi connectivity index (χ4v) is 15.4. The number of thiophene rings is 1. The molecule has 4 aromatic carbocycles. The van der Waals surface area contributed by atoms with E-state index in [9.17, 15) is 24.6 Å². The van der Waals surface area contributed by atoms with Crippen LogP contribution in [0.3, 0.4) is 0 Å². The summed E-state index contributed by atoms with van der Waals surface area (Å²) in [6, 6.07) is 39.1. The van der Waals surface area contributed by atoms with Gasteiger partial charge < -0.3 is 52.2 Å². The van der Waals surface area contributed by atoms with Crippen molar-refractivity contribution >= 4 is 113 Å². The first-order valence-corrected chi connectivity index (χ1v) is 34.0. The molecule has 0 atom stereocenters. The van der Waals surface area contributed by atoms with Gasteiger partial charge in [-0.3, -0.25) is 22.8 Å². The SMILES string of the molecule is CN(C)C(=O)N1CC=C(c2nc(-c3cc4cccc(Cl)c4[nH]3)c3c(N)nccn23)CC1.Nc1nccn2c(C3CCC(C(=O)O)CC3)nc(-c3cc4cccc(-c5ccccc5)c4[nH]3)c12.Nc1nccn2c(C3CCC(C(=O)O)CC3)nc(-c3cc4cccc(-c5cccs5)c4[nH]3)c12. The van der Waals surface area contributed by atoms with Crippen molar-refractivity contribution in [2.75, 3.05) is 44.4 Å². The van der Waals surface area contributed by atoms with E-state index in [0.29, 0.717) is 67.7 Å².